The van der Waals surface area contributed by atoms with Crippen molar-refractivity contribution in [1.82, 2.24) is 87.6 Å². The number of primary amides is 2. The zero-order valence-electron chi connectivity index (χ0n) is 67.9. The third-order valence-electron chi connectivity index (χ3n) is 22.3. The molecule has 5 aromatic heterocycles. The summed E-state index contributed by atoms with van der Waals surface area (Å²) in [5.74, 6) is -12.8. The lowest BCUT2D eigenvalue weighted by atomic mass is 9.99. The van der Waals surface area contributed by atoms with Gasteiger partial charge in [-0.15, -0.1) is 0 Å². The van der Waals surface area contributed by atoms with Crippen molar-refractivity contribution >= 4 is 126 Å². The molecule has 11 atom stereocenters. The SMILES string of the molecule is CC(C)C[C@H](NC(=O)[C@H](CCC(N)=O)NC(=O)CNC(=O)[C@H](CCC(N)=O)NC(=O)[C@H](Cc1ccc(O)cc1)NC(=O)[C@H](Cc1c[nH]c2ccccc12)NC(=O)[C@@H]1CCCN1C(=O)[C@H](Cc1c[nH]c2ccccc12)NC(=O)[C@H](Cc1cnc[nH]1)NC(=O)[C@@H](N)Cc1c[nH]c2ccccc12)C(=O)N[C@@H](Cc1c[nH]c2ccccc12)C(=O)N1CCC[C@H]1C(=O)O. The maximum absolute atomic E-state index is 15.6. The number of nitrogens with zero attached hydrogens (tertiary/aromatic N) is 3. The van der Waals surface area contributed by atoms with Crippen molar-refractivity contribution in [2.45, 2.75) is 177 Å². The number of aromatic nitrogens is 6. The van der Waals surface area contributed by atoms with Crippen LogP contribution in [0.15, 0.2) is 159 Å². The first kappa shape index (κ1) is 88.1. The van der Waals surface area contributed by atoms with Crippen LogP contribution in [0.1, 0.15) is 105 Å². The highest BCUT2D eigenvalue weighted by molar-refractivity contribution is 6.01. The van der Waals surface area contributed by atoms with Crippen LogP contribution in [0.3, 0.4) is 0 Å². The average molecular weight is 1680 g/mol. The van der Waals surface area contributed by atoms with E-state index in [1.807, 2.05) is 66.7 Å². The summed E-state index contributed by atoms with van der Waals surface area (Å²) in [6, 6.07) is 19.5. The highest BCUT2D eigenvalue weighted by Gasteiger charge is 2.43. The maximum atomic E-state index is 15.6. The number of H-pyrrole nitrogens is 5. The number of phenolic OH excluding ortho intramolecular Hbond substituents is 1. The van der Waals surface area contributed by atoms with E-state index in [2.05, 4.69) is 77.8 Å². The Morgan fingerprint density at radius 3 is 1.32 bits per heavy atom. The van der Waals surface area contributed by atoms with Gasteiger partial charge in [0.05, 0.1) is 18.9 Å². The van der Waals surface area contributed by atoms with Gasteiger partial charge in [0, 0.05) is 138 Å². The molecule has 2 fully saturated rings. The van der Waals surface area contributed by atoms with Crippen LogP contribution in [0.2, 0.25) is 0 Å². The molecule has 36 heteroatoms. The molecule has 0 aliphatic carbocycles. The fourth-order valence-corrected chi connectivity index (χ4v) is 16.0. The molecule has 0 radical (unpaired) electrons. The van der Waals surface area contributed by atoms with Gasteiger partial charge in [-0.05, 0) is 121 Å². The Bertz CT molecular complexity index is 5520. The van der Waals surface area contributed by atoms with Gasteiger partial charge in [-0.25, -0.2) is 9.78 Å². The fraction of sp³-hybridized carbons (Fsp3) is 0.368. The van der Waals surface area contributed by atoms with Crippen LogP contribution >= 0.6 is 0 Å². The number of amides is 13. The van der Waals surface area contributed by atoms with Crippen molar-refractivity contribution in [3.05, 3.63) is 192 Å². The molecular weight excluding hydrogens is 1580 g/mol. The number of rotatable bonds is 41. The second-order valence-electron chi connectivity index (χ2n) is 31.6. The molecule has 2 aliphatic rings. The van der Waals surface area contributed by atoms with Crippen molar-refractivity contribution in [1.29, 1.82) is 0 Å². The smallest absolute Gasteiger partial charge is 0.326 e. The number of nitrogens with two attached hydrogens (primary N) is 3. The number of aliphatic carboxylic acids is 1. The molecule has 7 heterocycles. The number of phenols is 1. The number of hydrogen-bond donors (Lipinski definition) is 19. The summed E-state index contributed by atoms with van der Waals surface area (Å²) in [5, 5.41) is 47.7. The Hall–Kier alpha value is -14.2. The minimum atomic E-state index is -1.69. The quantitative estimate of drug-likeness (QED) is 0.0260. The van der Waals surface area contributed by atoms with E-state index < -0.39 is 181 Å². The maximum Gasteiger partial charge on any atom is 0.326 e. The molecule has 0 saturated carbocycles. The molecule has 5 aromatic carbocycles. The van der Waals surface area contributed by atoms with Crippen LogP contribution in [0.5, 0.6) is 5.75 Å². The molecule has 2 aliphatic heterocycles. The van der Waals surface area contributed by atoms with E-state index in [4.69, 9.17) is 17.2 Å². The molecule has 10 aromatic rings. The Kier molecular flexibility index (Phi) is 29.2. The highest BCUT2D eigenvalue weighted by Crippen LogP contribution is 2.28. The van der Waals surface area contributed by atoms with Gasteiger partial charge in [-0.2, -0.15) is 0 Å². The largest absolute Gasteiger partial charge is 0.508 e. The summed E-state index contributed by atoms with van der Waals surface area (Å²) < 4.78 is 0. The van der Waals surface area contributed by atoms with Crippen molar-refractivity contribution < 1.29 is 77.3 Å². The monoisotopic (exact) mass is 1680 g/mol. The van der Waals surface area contributed by atoms with E-state index in [-0.39, 0.29) is 82.5 Å². The van der Waals surface area contributed by atoms with Crippen LogP contribution in [0, 0.1) is 5.92 Å². The summed E-state index contributed by atoms with van der Waals surface area (Å²) in [5.41, 5.74) is 24.1. The molecule has 22 N–H and O–H groups in total. The molecule has 13 amide bonds. The number of carboxylic acids is 1. The van der Waals surface area contributed by atoms with Crippen LogP contribution in [-0.4, -0.2) is 219 Å². The van der Waals surface area contributed by atoms with E-state index in [9.17, 15) is 53.4 Å². The Labute approximate surface area is 705 Å². The minimum Gasteiger partial charge on any atom is -0.508 e. The molecule has 12 rings (SSSR count). The van der Waals surface area contributed by atoms with Crippen molar-refractivity contribution in [3.8, 4) is 5.75 Å². The number of carboxylic acid groups (broad SMARTS) is 1. The zero-order valence-corrected chi connectivity index (χ0v) is 67.9. The molecule has 2 saturated heterocycles. The van der Waals surface area contributed by atoms with E-state index in [1.54, 1.807) is 69.0 Å². The predicted molar refractivity (Wildman–Crippen MR) is 452 cm³/mol. The zero-order chi connectivity index (χ0) is 87.5. The number of hydrogen-bond acceptors (Lipinski definition) is 17. The third-order valence-corrected chi connectivity index (χ3v) is 22.3. The summed E-state index contributed by atoms with van der Waals surface area (Å²) in [6.07, 6.45) is 8.08. The van der Waals surface area contributed by atoms with Crippen molar-refractivity contribution in [2.75, 3.05) is 19.6 Å². The van der Waals surface area contributed by atoms with Gasteiger partial charge in [0.15, 0.2) is 0 Å². The molecule has 36 nitrogen and oxygen atoms in total. The number of aromatic amines is 5. The van der Waals surface area contributed by atoms with Gasteiger partial charge < -0.3 is 110 Å². The van der Waals surface area contributed by atoms with Crippen LogP contribution in [-0.2, 0) is 106 Å². The van der Waals surface area contributed by atoms with Gasteiger partial charge in [-0.1, -0.05) is 98.8 Å². The number of likely N-dealkylation sites (tertiary alicyclic amines) is 2. The molecule has 123 heavy (non-hydrogen) atoms. The van der Waals surface area contributed by atoms with Gasteiger partial charge in [0.2, 0.25) is 76.8 Å². The minimum absolute atomic E-state index is 0.0176. The highest BCUT2D eigenvalue weighted by atomic mass is 16.4. The lowest BCUT2D eigenvalue weighted by Gasteiger charge is -2.31. The summed E-state index contributed by atoms with van der Waals surface area (Å²) >= 11 is 0. The number of carbonyl (C=O) groups excluding carboxylic acids is 13. The Balaban J connectivity index is 0.754. The van der Waals surface area contributed by atoms with Crippen LogP contribution < -0.4 is 65.1 Å². The molecular formula is C87H102N20O16. The standard InChI is InChI=1S/C87H102N20O16/c1-47(2)33-66(80(115)104-71(86(121)107-32-12-22-73(107)87(122)123)38-52-43-95-63-20-10-6-16-58(52)63)101-79(114)65(28-30-75(90)110)98-76(111)45-96-78(113)64(27-29-74(89)109)99-81(116)67(34-48-23-25-54(108)26-24-48)102-82(117)68(36-50-41-93-61-18-8-4-14-56(50)61)103-84(119)72-21-11-31-106(72)85(120)70(37-51-42-94-62-19-9-5-15-57(51)62)105-83(118)69(39-53-44-91-46-97-53)100-77(112)59(88)35-49-40-92-60-17-7-3-13-55(49)60/h3-10,13-20,23-26,40-44,46-47,59,64-73,92-95,108H,11-12,21-22,27-39,45,88H2,1-2H3,(H2,89,109)(H2,90,110)(H,91,97)(H,96,113)(H,98,111)(H,99,116)(H,100,112)(H,101,114)(H,102,117)(H,103,119)(H,104,115)(H,105,118)(H,122,123)/t59-,64-,65-,66-,67-,68-,69-,70-,71-,72-,73-/m0/s1. The number of aromatic hydroxyl groups is 1. The second-order valence-corrected chi connectivity index (χ2v) is 31.6. The van der Waals surface area contributed by atoms with E-state index >= 15 is 24.0 Å². The third kappa shape index (κ3) is 22.9. The van der Waals surface area contributed by atoms with Gasteiger partial charge in [0.1, 0.15) is 66.2 Å². The van der Waals surface area contributed by atoms with E-state index in [0.29, 0.717) is 51.7 Å². The molecule has 0 bridgehead atoms. The second kappa shape index (κ2) is 40.7. The van der Waals surface area contributed by atoms with E-state index in [0.717, 1.165) is 38.3 Å². The number of benzene rings is 5. The van der Waals surface area contributed by atoms with Crippen molar-refractivity contribution in [3.63, 3.8) is 0 Å². The first-order valence-corrected chi connectivity index (χ1v) is 40.9. The van der Waals surface area contributed by atoms with Crippen molar-refractivity contribution in [2.24, 2.45) is 23.1 Å². The number of fused-ring (bicyclic) bond motifs is 4. The Morgan fingerprint density at radius 2 is 0.846 bits per heavy atom. The van der Waals surface area contributed by atoms with Gasteiger partial charge in [-0.3, -0.25) is 62.3 Å². The summed E-state index contributed by atoms with van der Waals surface area (Å²) in [4.78, 5) is 222. The van der Waals surface area contributed by atoms with E-state index in [1.165, 1.54) is 46.6 Å². The molecule has 646 valence electrons. The number of imidazole rings is 1. The van der Waals surface area contributed by atoms with Crippen LogP contribution in [0.4, 0.5) is 0 Å². The summed E-state index contributed by atoms with van der Waals surface area (Å²) in [7, 11) is 0. The Morgan fingerprint density at radius 1 is 0.447 bits per heavy atom. The average Bonchev–Trinajstić information content (AvgIpc) is 1.69. The molecule has 0 unspecified atom stereocenters. The normalized spacial score (nSPS) is 16.1. The summed E-state index contributed by atoms with van der Waals surface area (Å²) in [6.45, 7) is 2.75. The first-order valence-electron chi connectivity index (χ1n) is 40.9. The number of nitrogens with one attached hydrogen (secondary N) is 14. The van der Waals surface area contributed by atoms with Gasteiger partial charge in [0.25, 0.3) is 0 Å². The molecule has 0 spiro atoms. The van der Waals surface area contributed by atoms with Crippen LogP contribution in [0.25, 0.3) is 43.6 Å². The lowest BCUT2D eigenvalue weighted by molar-refractivity contribution is -0.149. The fourth-order valence-electron chi connectivity index (χ4n) is 16.0. The first-order chi connectivity index (χ1) is 59.1. The lowest BCUT2D eigenvalue weighted by Crippen LogP contribution is -2.60. The number of carbonyl (C=O) groups is 14. The van der Waals surface area contributed by atoms with Gasteiger partial charge >= 0.3 is 5.97 Å². The predicted octanol–water partition coefficient (Wildman–Crippen LogP) is 1.76. The number of para-hydroxylation sites is 4. The topological polar surface area (TPSA) is 564 Å².